The van der Waals surface area contributed by atoms with Crippen molar-refractivity contribution < 1.29 is 0 Å². The highest BCUT2D eigenvalue weighted by Gasteiger charge is 2.21. The second-order valence-corrected chi connectivity index (χ2v) is 6.95. The van der Waals surface area contributed by atoms with Crippen molar-refractivity contribution in [1.82, 2.24) is 5.32 Å². The van der Waals surface area contributed by atoms with E-state index in [1.807, 2.05) is 0 Å². The van der Waals surface area contributed by atoms with E-state index in [0.717, 1.165) is 12.0 Å². The van der Waals surface area contributed by atoms with Crippen LogP contribution in [0.2, 0.25) is 0 Å². The first-order valence-corrected chi connectivity index (χ1v) is 9.60. The Morgan fingerprint density at radius 3 is 2.05 bits per heavy atom. The molecule has 0 aromatic rings. The Kier molecular flexibility index (Phi) is 11.4. The third-order valence-corrected chi connectivity index (χ3v) is 4.93. The summed E-state index contributed by atoms with van der Waals surface area (Å²) in [5.74, 6) is 1.05. The van der Waals surface area contributed by atoms with Crippen LogP contribution in [0.15, 0.2) is 0 Å². The second-order valence-electron chi connectivity index (χ2n) is 6.95. The van der Waals surface area contributed by atoms with Crippen molar-refractivity contribution in [2.24, 2.45) is 5.92 Å². The zero-order chi connectivity index (χ0) is 14.5. The fourth-order valence-corrected chi connectivity index (χ4v) is 3.31. The highest BCUT2D eigenvalue weighted by Crippen LogP contribution is 2.31. The zero-order valence-corrected chi connectivity index (χ0v) is 14.3. The van der Waals surface area contributed by atoms with Gasteiger partial charge in [-0.15, -0.1) is 0 Å². The monoisotopic (exact) mass is 281 g/mol. The van der Waals surface area contributed by atoms with Gasteiger partial charge in [-0.2, -0.15) is 0 Å². The lowest BCUT2D eigenvalue weighted by Gasteiger charge is -2.30. The van der Waals surface area contributed by atoms with Gasteiger partial charge in [0.15, 0.2) is 0 Å². The summed E-state index contributed by atoms with van der Waals surface area (Å²) < 4.78 is 0. The molecule has 1 nitrogen and oxygen atoms in total. The molecule has 0 heterocycles. The van der Waals surface area contributed by atoms with Crippen LogP contribution in [0, 0.1) is 5.92 Å². The molecule has 0 amide bonds. The number of rotatable bonds is 14. The second kappa shape index (κ2) is 12.7. The molecular weight excluding hydrogens is 242 g/mol. The number of hydrogen-bond donors (Lipinski definition) is 1. The number of unbranched alkanes of at least 4 members (excludes halogenated alkanes) is 7. The summed E-state index contributed by atoms with van der Waals surface area (Å²) in [6, 6.07) is 0.820. The fourth-order valence-electron chi connectivity index (χ4n) is 3.31. The third kappa shape index (κ3) is 9.00. The van der Waals surface area contributed by atoms with Crippen LogP contribution in [0.25, 0.3) is 0 Å². The Labute approximate surface area is 128 Å². The minimum atomic E-state index is 0.820. The summed E-state index contributed by atoms with van der Waals surface area (Å²) in [5, 5.41) is 3.79. The zero-order valence-electron chi connectivity index (χ0n) is 14.3. The highest BCUT2D eigenvalue weighted by atomic mass is 14.9. The summed E-state index contributed by atoms with van der Waals surface area (Å²) in [7, 11) is 0. The van der Waals surface area contributed by atoms with Gasteiger partial charge >= 0.3 is 0 Å². The van der Waals surface area contributed by atoms with Gasteiger partial charge in [-0.3, -0.25) is 0 Å². The summed E-state index contributed by atoms with van der Waals surface area (Å²) in [6.45, 7) is 5.80. The van der Waals surface area contributed by atoms with Crippen molar-refractivity contribution in [2.45, 2.75) is 110 Å². The van der Waals surface area contributed by atoms with E-state index >= 15 is 0 Å². The van der Waals surface area contributed by atoms with Gasteiger partial charge in [0, 0.05) is 6.04 Å². The first-order valence-electron chi connectivity index (χ1n) is 9.60. The molecule has 1 atom stereocenters. The van der Waals surface area contributed by atoms with Crippen molar-refractivity contribution >= 4 is 0 Å². The van der Waals surface area contributed by atoms with Gasteiger partial charge in [0.05, 0.1) is 0 Å². The topological polar surface area (TPSA) is 12.0 Å². The molecule has 1 N–H and O–H groups in total. The summed E-state index contributed by atoms with van der Waals surface area (Å²) >= 11 is 0. The first-order chi connectivity index (χ1) is 9.86. The maximum atomic E-state index is 3.79. The molecule has 0 saturated heterocycles. The smallest absolute Gasteiger partial charge is 0.00696 e. The van der Waals surface area contributed by atoms with E-state index in [1.165, 1.54) is 96.4 Å². The van der Waals surface area contributed by atoms with Gasteiger partial charge in [0.2, 0.25) is 0 Å². The number of nitrogens with one attached hydrogen (secondary N) is 1. The summed E-state index contributed by atoms with van der Waals surface area (Å²) in [4.78, 5) is 0. The summed E-state index contributed by atoms with van der Waals surface area (Å²) in [5.41, 5.74) is 0. The molecule has 0 aromatic carbocycles. The minimum Gasteiger partial charge on any atom is -0.314 e. The number of hydrogen-bond acceptors (Lipinski definition) is 1. The molecular formula is C19H39N. The van der Waals surface area contributed by atoms with E-state index in [4.69, 9.17) is 0 Å². The van der Waals surface area contributed by atoms with Crippen molar-refractivity contribution in [3.05, 3.63) is 0 Å². The van der Waals surface area contributed by atoms with Crippen molar-refractivity contribution in [2.75, 3.05) is 6.54 Å². The molecule has 1 fully saturated rings. The Hall–Kier alpha value is -0.0400. The molecule has 1 saturated carbocycles. The fraction of sp³-hybridized carbons (Fsp3) is 1.00. The third-order valence-electron chi connectivity index (χ3n) is 4.93. The molecule has 1 aliphatic rings. The normalized spacial score (nSPS) is 17.1. The van der Waals surface area contributed by atoms with Crippen LogP contribution in [0.1, 0.15) is 104 Å². The lowest BCUT2D eigenvalue weighted by molar-refractivity contribution is 0.251. The lowest BCUT2D eigenvalue weighted by atomic mass is 9.80. The molecule has 120 valence electrons. The Morgan fingerprint density at radius 2 is 1.50 bits per heavy atom. The van der Waals surface area contributed by atoms with Crippen LogP contribution in [0.3, 0.4) is 0 Å². The first kappa shape index (κ1) is 18.0. The van der Waals surface area contributed by atoms with Crippen LogP contribution in [0.4, 0.5) is 0 Å². The standard InChI is InChI=1S/C19H39N/c1-3-5-6-7-8-9-10-11-15-19(20-16-4-2)17-18-13-12-14-18/h18-20H,3-17H2,1-2H3. The molecule has 0 aliphatic heterocycles. The van der Waals surface area contributed by atoms with Gasteiger partial charge in [0.1, 0.15) is 0 Å². The Morgan fingerprint density at radius 1 is 0.850 bits per heavy atom. The minimum absolute atomic E-state index is 0.820. The molecule has 1 unspecified atom stereocenters. The van der Waals surface area contributed by atoms with E-state index in [0.29, 0.717) is 0 Å². The van der Waals surface area contributed by atoms with Gasteiger partial charge in [-0.25, -0.2) is 0 Å². The van der Waals surface area contributed by atoms with Gasteiger partial charge < -0.3 is 5.32 Å². The van der Waals surface area contributed by atoms with Crippen LogP contribution >= 0.6 is 0 Å². The molecule has 20 heavy (non-hydrogen) atoms. The predicted molar refractivity (Wildman–Crippen MR) is 91.3 cm³/mol. The molecule has 1 rings (SSSR count). The van der Waals surface area contributed by atoms with Crippen molar-refractivity contribution in [1.29, 1.82) is 0 Å². The largest absolute Gasteiger partial charge is 0.314 e. The van der Waals surface area contributed by atoms with E-state index in [9.17, 15) is 0 Å². The Bertz CT molecular complexity index is 198. The average Bonchev–Trinajstić information content (AvgIpc) is 2.41. The van der Waals surface area contributed by atoms with Gasteiger partial charge in [-0.05, 0) is 31.7 Å². The molecule has 1 heteroatoms. The molecule has 0 radical (unpaired) electrons. The predicted octanol–water partition coefficient (Wildman–Crippen LogP) is 6.08. The average molecular weight is 282 g/mol. The van der Waals surface area contributed by atoms with Gasteiger partial charge in [-0.1, -0.05) is 84.5 Å². The lowest BCUT2D eigenvalue weighted by Crippen LogP contribution is -2.33. The molecule has 0 bridgehead atoms. The van der Waals surface area contributed by atoms with Crippen LogP contribution < -0.4 is 5.32 Å². The van der Waals surface area contributed by atoms with Crippen molar-refractivity contribution in [3.63, 3.8) is 0 Å². The van der Waals surface area contributed by atoms with Crippen molar-refractivity contribution in [3.8, 4) is 0 Å². The van der Waals surface area contributed by atoms with E-state index < -0.39 is 0 Å². The Balaban J connectivity index is 1.96. The SMILES string of the molecule is CCCCCCCCCCC(CC1CCC1)NCCC. The maximum absolute atomic E-state index is 3.79. The van der Waals surface area contributed by atoms with E-state index in [-0.39, 0.29) is 0 Å². The van der Waals surface area contributed by atoms with Crippen LogP contribution in [-0.4, -0.2) is 12.6 Å². The van der Waals surface area contributed by atoms with E-state index in [2.05, 4.69) is 19.2 Å². The highest BCUT2D eigenvalue weighted by molar-refractivity contribution is 4.77. The molecule has 0 spiro atoms. The van der Waals surface area contributed by atoms with E-state index in [1.54, 1.807) is 0 Å². The molecule has 1 aliphatic carbocycles. The van der Waals surface area contributed by atoms with Crippen LogP contribution in [-0.2, 0) is 0 Å². The molecule has 0 aromatic heterocycles. The van der Waals surface area contributed by atoms with Crippen LogP contribution in [0.5, 0.6) is 0 Å². The summed E-state index contributed by atoms with van der Waals surface area (Å²) in [6.07, 6.45) is 20.2. The quantitative estimate of drug-likeness (QED) is 0.381. The van der Waals surface area contributed by atoms with Gasteiger partial charge in [0.25, 0.3) is 0 Å². The maximum Gasteiger partial charge on any atom is 0.00696 e.